The third-order valence-electron chi connectivity index (χ3n) is 4.51. The summed E-state index contributed by atoms with van der Waals surface area (Å²) in [6, 6.07) is 11.4. The van der Waals surface area contributed by atoms with E-state index in [0.717, 1.165) is 36.6 Å². The Bertz CT molecular complexity index is 792. The summed E-state index contributed by atoms with van der Waals surface area (Å²) in [5, 5.41) is 7.08. The van der Waals surface area contributed by atoms with Crippen LogP contribution in [-0.2, 0) is 13.0 Å². The van der Waals surface area contributed by atoms with Crippen LogP contribution in [0.2, 0.25) is 5.15 Å². The molecule has 0 radical (unpaired) electrons. The van der Waals surface area contributed by atoms with Crippen LogP contribution in [0.15, 0.2) is 47.6 Å². The van der Waals surface area contributed by atoms with Crippen LogP contribution in [0.5, 0.6) is 0 Å². The Morgan fingerprint density at radius 3 is 2.27 bits per heavy atom. The second kappa shape index (κ2) is 14.2. The second-order valence-electron chi connectivity index (χ2n) is 6.54. The van der Waals surface area contributed by atoms with Crippen LogP contribution in [0, 0.1) is 0 Å². The van der Waals surface area contributed by atoms with Gasteiger partial charge in [-0.1, -0.05) is 29.8 Å². The molecule has 0 aliphatic heterocycles. The number of hydrogen-bond acceptors (Lipinski definition) is 3. The van der Waals surface area contributed by atoms with Gasteiger partial charge in [0, 0.05) is 37.9 Å². The van der Waals surface area contributed by atoms with E-state index in [1.165, 1.54) is 0 Å². The van der Waals surface area contributed by atoms with Crippen molar-refractivity contribution in [1.29, 1.82) is 0 Å². The maximum absolute atomic E-state index is 12.4. The van der Waals surface area contributed by atoms with Crippen LogP contribution >= 0.6 is 35.6 Å². The van der Waals surface area contributed by atoms with Crippen LogP contribution in [0.1, 0.15) is 42.3 Å². The highest BCUT2D eigenvalue weighted by molar-refractivity contribution is 14.0. The van der Waals surface area contributed by atoms with Gasteiger partial charge in [0.2, 0.25) is 0 Å². The van der Waals surface area contributed by atoms with E-state index in [-0.39, 0.29) is 29.9 Å². The molecule has 2 N–H and O–H groups in total. The zero-order valence-corrected chi connectivity index (χ0v) is 20.9. The van der Waals surface area contributed by atoms with Crippen molar-refractivity contribution in [2.45, 2.75) is 33.7 Å². The molecule has 1 amide bonds. The summed E-state index contributed by atoms with van der Waals surface area (Å²) < 4.78 is 0. The first kappa shape index (κ1) is 26.2. The van der Waals surface area contributed by atoms with E-state index in [9.17, 15) is 4.79 Å². The summed E-state index contributed by atoms with van der Waals surface area (Å²) >= 11 is 5.82. The van der Waals surface area contributed by atoms with Crippen molar-refractivity contribution in [3.05, 3.63) is 64.4 Å². The van der Waals surface area contributed by atoms with Crippen molar-refractivity contribution >= 4 is 47.4 Å². The van der Waals surface area contributed by atoms with Crippen LogP contribution in [0.3, 0.4) is 0 Å². The summed E-state index contributed by atoms with van der Waals surface area (Å²) in [6.45, 7) is 9.51. The number of pyridine rings is 1. The van der Waals surface area contributed by atoms with Crippen LogP contribution in [0.25, 0.3) is 0 Å². The van der Waals surface area contributed by atoms with Gasteiger partial charge in [-0.15, -0.1) is 24.0 Å². The van der Waals surface area contributed by atoms with Gasteiger partial charge < -0.3 is 15.5 Å². The van der Waals surface area contributed by atoms with Crippen LogP contribution < -0.4 is 10.6 Å². The molecule has 164 valence electrons. The van der Waals surface area contributed by atoms with E-state index in [1.807, 2.05) is 56.0 Å². The molecule has 1 heterocycles. The normalized spacial score (nSPS) is 10.9. The number of guanidine groups is 1. The molecule has 0 spiro atoms. The van der Waals surface area contributed by atoms with Gasteiger partial charge in [0.05, 0.1) is 6.54 Å². The number of nitrogens with one attached hydrogen (secondary N) is 2. The fourth-order valence-electron chi connectivity index (χ4n) is 2.84. The van der Waals surface area contributed by atoms with E-state index >= 15 is 0 Å². The molecule has 0 aliphatic rings. The van der Waals surface area contributed by atoms with E-state index in [2.05, 4.69) is 20.6 Å². The number of rotatable bonds is 9. The fourth-order valence-corrected chi connectivity index (χ4v) is 2.95. The standard InChI is InChI=1S/C22H30ClN5O.HI/c1-4-24-22(25-14-13-18-9-12-20(23)26-15-18)27-16-17-7-10-19(11-8-17)21(29)28(5-2)6-3;/h7-12,15H,4-6,13-14,16H2,1-3H3,(H2,24,25,27);1H. The van der Waals surface area contributed by atoms with Gasteiger partial charge in [0.15, 0.2) is 5.96 Å². The Balaban J connectivity index is 0.00000450. The van der Waals surface area contributed by atoms with Gasteiger partial charge in [-0.05, 0) is 56.5 Å². The SMILES string of the molecule is CCNC(=NCc1ccc(C(=O)N(CC)CC)cc1)NCCc1ccc(Cl)nc1.I. The summed E-state index contributed by atoms with van der Waals surface area (Å²) in [4.78, 5) is 22.9. The minimum atomic E-state index is 0. The third-order valence-corrected chi connectivity index (χ3v) is 4.73. The smallest absolute Gasteiger partial charge is 0.253 e. The monoisotopic (exact) mass is 543 g/mol. The molecular formula is C22H31ClIN5O. The van der Waals surface area contributed by atoms with Gasteiger partial charge in [0.1, 0.15) is 5.15 Å². The molecule has 2 rings (SSSR count). The summed E-state index contributed by atoms with van der Waals surface area (Å²) in [5.41, 5.74) is 2.88. The lowest BCUT2D eigenvalue weighted by molar-refractivity contribution is 0.0773. The number of halogens is 2. The number of benzene rings is 1. The Morgan fingerprint density at radius 2 is 1.70 bits per heavy atom. The number of carbonyl (C=O) groups is 1. The average molecular weight is 544 g/mol. The first-order valence-electron chi connectivity index (χ1n) is 10.1. The molecule has 0 atom stereocenters. The van der Waals surface area contributed by atoms with Crippen molar-refractivity contribution in [2.24, 2.45) is 4.99 Å². The summed E-state index contributed by atoms with van der Waals surface area (Å²) in [7, 11) is 0. The highest BCUT2D eigenvalue weighted by atomic mass is 127. The highest BCUT2D eigenvalue weighted by Crippen LogP contribution is 2.09. The lowest BCUT2D eigenvalue weighted by atomic mass is 10.1. The van der Waals surface area contributed by atoms with Gasteiger partial charge >= 0.3 is 0 Å². The molecule has 30 heavy (non-hydrogen) atoms. The zero-order valence-electron chi connectivity index (χ0n) is 17.8. The maximum Gasteiger partial charge on any atom is 0.253 e. The molecule has 0 fully saturated rings. The topological polar surface area (TPSA) is 69.6 Å². The van der Waals surface area contributed by atoms with Crippen LogP contribution in [0.4, 0.5) is 0 Å². The zero-order chi connectivity index (χ0) is 21.1. The second-order valence-corrected chi connectivity index (χ2v) is 6.92. The Hall–Kier alpha value is -1.87. The lowest BCUT2D eigenvalue weighted by Crippen LogP contribution is -2.38. The van der Waals surface area contributed by atoms with Crippen molar-refractivity contribution in [3.63, 3.8) is 0 Å². The number of aromatic nitrogens is 1. The quantitative estimate of drug-likeness (QED) is 0.216. The number of amides is 1. The number of hydrogen-bond donors (Lipinski definition) is 2. The van der Waals surface area contributed by atoms with Crippen molar-refractivity contribution in [3.8, 4) is 0 Å². The fraction of sp³-hybridized carbons (Fsp3) is 0.409. The van der Waals surface area contributed by atoms with Crippen molar-refractivity contribution < 1.29 is 4.79 Å². The molecule has 0 unspecified atom stereocenters. The predicted octanol–water partition coefficient (Wildman–Crippen LogP) is 4.13. The van der Waals surface area contributed by atoms with Crippen molar-refractivity contribution in [1.82, 2.24) is 20.5 Å². The van der Waals surface area contributed by atoms with Crippen LogP contribution in [-0.4, -0.2) is 47.9 Å². The molecule has 1 aromatic carbocycles. The van der Waals surface area contributed by atoms with E-state index in [4.69, 9.17) is 11.6 Å². The molecule has 0 saturated carbocycles. The minimum Gasteiger partial charge on any atom is -0.357 e. The summed E-state index contributed by atoms with van der Waals surface area (Å²) in [5.74, 6) is 0.828. The first-order valence-corrected chi connectivity index (χ1v) is 10.5. The van der Waals surface area contributed by atoms with E-state index in [0.29, 0.717) is 30.4 Å². The highest BCUT2D eigenvalue weighted by Gasteiger charge is 2.11. The van der Waals surface area contributed by atoms with Gasteiger partial charge in [-0.2, -0.15) is 0 Å². The average Bonchev–Trinajstić information content (AvgIpc) is 2.74. The molecule has 6 nitrogen and oxygen atoms in total. The molecular weight excluding hydrogens is 513 g/mol. The molecule has 8 heteroatoms. The first-order chi connectivity index (χ1) is 14.1. The largest absolute Gasteiger partial charge is 0.357 e. The van der Waals surface area contributed by atoms with Gasteiger partial charge in [-0.25, -0.2) is 9.98 Å². The number of carbonyl (C=O) groups excluding carboxylic acids is 1. The van der Waals surface area contributed by atoms with E-state index in [1.54, 1.807) is 12.3 Å². The predicted molar refractivity (Wildman–Crippen MR) is 135 cm³/mol. The third kappa shape index (κ3) is 8.47. The molecule has 0 aliphatic carbocycles. The minimum absolute atomic E-state index is 0. The lowest BCUT2D eigenvalue weighted by Gasteiger charge is -2.18. The van der Waals surface area contributed by atoms with E-state index < -0.39 is 0 Å². The summed E-state index contributed by atoms with van der Waals surface area (Å²) in [6.07, 6.45) is 2.62. The Labute approximate surface area is 201 Å². The van der Waals surface area contributed by atoms with Gasteiger partial charge in [-0.3, -0.25) is 4.79 Å². The van der Waals surface area contributed by atoms with Crippen molar-refractivity contribution in [2.75, 3.05) is 26.2 Å². The Kier molecular flexibility index (Phi) is 12.4. The number of aliphatic imine (C=N–C) groups is 1. The van der Waals surface area contributed by atoms with Gasteiger partial charge in [0.25, 0.3) is 5.91 Å². The molecule has 1 aromatic heterocycles. The molecule has 2 aromatic rings. The maximum atomic E-state index is 12.4. The molecule has 0 saturated heterocycles. The Morgan fingerprint density at radius 1 is 1.03 bits per heavy atom. The molecule has 0 bridgehead atoms. The number of nitrogens with zero attached hydrogens (tertiary/aromatic N) is 3.